The predicted octanol–water partition coefficient (Wildman–Crippen LogP) is 3.84. The largest absolute Gasteiger partial charge is 0.490 e. The van der Waals surface area contributed by atoms with Crippen molar-refractivity contribution in [1.29, 1.82) is 0 Å². The van der Waals surface area contributed by atoms with Crippen LogP contribution >= 0.6 is 34.2 Å². The number of rotatable bonds is 8. The third-order valence-corrected chi connectivity index (χ3v) is 6.04. The van der Waals surface area contributed by atoms with Gasteiger partial charge in [0.2, 0.25) is 0 Å². The van der Waals surface area contributed by atoms with E-state index in [0.717, 1.165) is 14.2 Å². The molecule has 0 aromatic heterocycles. The Labute approximate surface area is 198 Å². The molecular formula is C20H18ClIO8S. The van der Waals surface area contributed by atoms with Gasteiger partial charge in [-0.05, 0) is 77.6 Å². The van der Waals surface area contributed by atoms with Crippen LogP contribution in [0.2, 0.25) is 5.02 Å². The lowest BCUT2D eigenvalue weighted by atomic mass is 10.1. The number of carbonyl (C=O) groups is 2. The molecule has 2 aromatic carbocycles. The van der Waals surface area contributed by atoms with E-state index in [9.17, 15) is 18.0 Å². The molecule has 0 aliphatic rings. The van der Waals surface area contributed by atoms with E-state index in [2.05, 4.69) is 9.47 Å². The van der Waals surface area contributed by atoms with Gasteiger partial charge in [-0.1, -0.05) is 11.6 Å². The molecule has 11 heteroatoms. The van der Waals surface area contributed by atoms with Crippen molar-refractivity contribution in [2.45, 2.75) is 11.8 Å². The monoisotopic (exact) mass is 580 g/mol. The molecule has 0 unspecified atom stereocenters. The van der Waals surface area contributed by atoms with Crippen LogP contribution in [0.4, 0.5) is 0 Å². The van der Waals surface area contributed by atoms with Crippen molar-refractivity contribution < 1.29 is 36.4 Å². The first-order chi connectivity index (χ1) is 14.6. The van der Waals surface area contributed by atoms with Crippen LogP contribution in [0.3, 0.4) is 0 Å². The number of hydrogen-bond acceptors (Lipinski definition) is 8. The summed E-state index contributed by atoms with van der Waals surface area (Å²) in [5.41, 5.74) is 0.0283. The molecule has 2 rings (SSSR count). The molecule has 0 spiro atoms. The molecule has 0 radical (unpaired) electrons. The molecule has 0 aliphatic heterocycles. The lowest BCUT2D eigenvalue weighted by molar-refractivity contribution is -0.143. The van der Waals surface area contributed by atoms with Crippen LogP contribution < -0.4 is 8.92 Å². The van der Waals surface area contributed by atoms with Crippen molar-refractivity contribution >= 4 is 62.3 Å². The van der Waals surface area contributed by atoms with E-state index in [1.54, 1.807) is 6.92 Å². The normalized spacial score (nSPS) is 10.7. The van der Waals surface area contributed by atoms with Gasteiger partial charge >= 0.3 is 22.1 Å². The number of halogens is 2. The highest BCUT2D eigenvalue weighted by atomic mass is 127. The highest BCUT2D eigenvalue weighted by Crippen LogP contribution is 2.37. The zero-order chi connectivity index (χ0) is 23.2. The second-order valence-corrected chi connectivity index (χ2v) is 8.94. The van der Waals surface area contributed by atoms with Crippen LogP contribution in [-0.4, -0.2) is 41.2 Å². The topological polar surface area (TPSA) is 105 Å². The highest BCUT2D eigenvalue weighted by Gasteiger charge is 2.24. The summed E-state index contributed by atoms with van der Waals surface area (Å²) in [6, 6.07) is 8.45. The van der Waals surface area contributed by atoms with Crippen molar-refractivity contribution in [3.8, 4) is 11.5 Å². The summed E-state index contributed by atoms with van der Waals surface area (Å²) in [7, 11) is -1.91. The number of hydrogen-bond donors (Lipinski definition) is 0. The van der Waals surface area contributed by atoms with Gasteiger partial charge in [-0.3, -0.25) is 0 Å². The van der Waals surface area contributed by atoms with Gasteiger partial charge in [0.25, 0.3) is 0 Å². The molecule has 0 bridgehead atoms. The predicted molar refractivity (Wildman–Crippen MR) is 122 cm³/mol. The Morgan fingerprint density at radius 1 is 1.06 bits per heavy atom. The Morgan fingerprint density at radius 2 is 1.65 bits per heavy atom. The zero-order valence-corrected chi connectivity index (χ0v) is 20.4. The van der Waals surface area contributed by atoms with Crippen LogP contribution in [0.1, 0.15) is 12.5 Å². The molecule has 0 aliphatic carbocycles. The van der Waals surface area contributed by atoms with E-state index in [-0.39, 0.29) is 28.6 Å². The molecule has 0 saturated heterocycles. The first-order valence-corrected chi connectivity index (χ1v) is 11.5. The maximum Gasteiger partial charge on any atom is 0.345 e. The molecule has 0 N–H and O–H groups in total. The van der Waals surface area contributed by atoms with Gasteiger partial charge in [0.15, 0.2) is 11.5 Å². The van der Waals surface area contributed by atoms with Gasteiger partial charge in [0, 0.05) is 5.02 Å². The van der Waals surface area contributed by atoms with Crippen LogP contribution in [0.25, 0.3) is 6.08 Å². The standard InChI is InChI=1S/C20H18ClIO8S/c1-4-29-17-11-12(9-15(19(23)27-2)20(24)28-3)10-16(22)18(17)30-31(25,26)14-7-5-13(21)6-8-14/h5-11H,4H2,1-3H3. The van der Waals surface area contributed by atoms with Crippen molar-refractivity contribution in [1.82, 2.24) is 0 Å². The van der Waals surface area contributed by atoms with Gasteiger partial charge in [-0.25, -0.2) is 9.59 Å². The molecular weight excluding hydrogens is 563 g/mol. The summed E-state index contributed by atoms with van der Waals surface area (Å²) in [5.74, 6) is -1.70. The summed E-state index contributed by atoms with van der Waals surface area (Å²) in [6.07, 6.45) is 1.25. The third-order valence-electron chi connectivity index (χ3n) is 3.75. The van der Waals surface area contributed by atoms with Gasteiger partial charge < -0.3 is 18.4 Å². The van der Waals surface area contributed by atoms with E-state index in [4.69, 9.17) is 20.5 Å². The molecule has 2 aromatic rings. The van der Waals surface area contributed by atoms with E-state index >= 15 is 0 Å². The second kappa shape index (κ2) is 10.8. The summed E-state index contributed by atoms with van der Waals surface area (Å²) in [5, 5.41) is 0.381. The Hall–Kier alpha value is -2.31. The van der Waals surface area contributed by atoms with Crippen molar-refractivity contribution in [3.05, 3.63) is 56.1 Å². The van der Waals surface area contributed by atoms with E-state index in [1.807, 2.05) is 22.6 Å². The second-order valence-electron chi connectivity index (χ2n) is 5.80. The van der Waals surface area contributed by atoms with Crippen LogP contribution in [0, 0.1) is 3.57 Å². The molecule has 0 atom stereocenters. The van der Waals surface area contributed by atoms with Crippen molar-refractivity contribution in [2.75, 3.05) is 20.8 Å². The van der Waals surface area contributed by atoms with E-state index in [0.29, 0.717) is 14.2 Å². The molecule has 0 amide bonds. The number of esters is 2. The number of methoxy groups -OCH3 is 2. The molecule has 8 nitrogen and oxygen atoms in total. The summed E-state index contributed by atoms with van der Waals surface area (Å²) < 4.78 is 45.8. The quantitative estimate of drug-likeness (QED) is 0.116. The summed E-state index contributed by atoms with van der Waals surface area (Å²) in [4.78, 5) is 23.7. The minimum absolute atomic E-state index is 0.0350. The maximum atomic E-state index is 12.7. The smallest absolute Gasteiger partial charge is 0.345 e. The Morgan fingerprint density at radius 3 is 2.16 bits per heavy atom. The van der Waals surface area contributed by atoms with Gasteiger partial charge in [0.05, 0.1) is 24.4 Å². The van der Waals surface area contributed by atoms with Crippen LogP contribution in [0.5, 0.6) is 11.5 Å². The fourth-order valence-electron chi connectivity index (χ4n) is 2.36. The summed E-state index contributed by atoms with van der Waals surface area (Å²) in [6.45, 7) is 1.92. The average Bonchev–Trinajstić information content (AvgIpc) is 2.73. The van der Waals surface area contributed by atoms with Crippen molar-refractivity contribution in [3.63, 3.8) is 0 Å². The van der Waals surface area contributed by atoms with Gasteiger partial charge in [-0.2, -0.15) is 8.42 Å². The molecule has 31 heavy (non-hydrogen) atoms. The van der Waals surface area contributed by atoms with Gasteiger partial charge in [-0.15, -0.1) is 0 Å². The Balaban J connectivity index is 2.53. The molecule has 0 saturated carbocycles. The first-order valence-electron chi connectivity index (χ1n) is 8.67. The van der Waals surface area contributed by atoms with Crippen molar-refractivity contribution in [2.24, 2.45) is 0 Å². The highest BCUT2D eigenvalue weighted by molar-refractivity contribution is 14.1. The number of carbonyl (C=O) groups excluding carboxylic acids is 2. The fraction of sp³-hybridized carbons (Fsp3) is 0.200. The van der Waals surface area contributed by atoms with Crippen LogP contribution in [0.15, 0.2) is 46.9 Å². The third kappa shape index (κ3) is 6.34. The summed E-state index contributed by atoms with van der Waals surface area (Å²) >= 11 is 7.67. The molecule has 0 heterocycles. The molecule has 0 fully saturated rings. The Bertz CT molecular complexity index is 1090. The van der Waals surface area contributed by atoms with Gasteiger partial charge in [0.1, 0.15) is 10.5 Å². The SMILES string of the molecule is CCOc1cc(C=C(C(=O)OC)C(=O)OC)cc(I)c1OS(=O)(=O)c1ccc(Cl)cc1. The Kier molecular flexibility index (Phi) is 8.71. The molecule has 166 valence electrons. The number of benzene rings is 2. The first kappa shape index (κ1) is 25.0. The zero-order valence-electron chi connectivity index (χ0n) is 16.7. The lowest BCUT2D eigenvalue weighted by Gasteiger charge is -2.15. The van der Waals surface area contributed by atoms with E-state index < -0.39 is 22.1 Å². The fourth-order valence-corrected chi connectivity index (χ4v) is 4.33. The minimum atomic E-state index is -4.17. The van der Waals surface area contributed by atoms with E-state index in [1.165, 1.54) is 42.5 Å². The average molecular weight is 581 g/mol. The number of ether oxygens (including phenoxy) is 3. The van der Waals surface area contributed by atoms with Crippen LogP contribution in [-0.2, 0) is 29.2 Å². The maximum absolute atomic E-state index is 12.7. The lowest BCUT2D eigenvalue weighted by Crippen LogP contribution is -2.15. The minimum Gasteiger partial charge on any atom is -0.490 e.